The van der Waals surface area contributed by atoms with Crippen LogP contribution in [0.2, 0.25) is 10.3 Å². The van der Waals surface area contributed by atoms with Crippen molar-refractivity contribution in [2.75, 3.05) is 4.72 Å². The second-order valence-electron chi connectivity index (χ2n) is 7.90. The number of ether oxygens (including phenoxy) is 1. The predicted octanol–water partition coefficient (Wildman–Crippen LogP) is 7.31. The van der Waals surface area contributed by atoms with Crippen molar-refractivity contribution in [2.24, 2.45) is 0 Å². The van der Waals surface area contributed by atoms with Crippen molar-refractivity contribution < 1.29 is 17.5 Å². The molecule has 0 atom stereocenters. The van der Waals surface area contributed by atoms with E-state index < -0.39 is 15.8 Å². The zero-order valence-corrected chi connectivity index (χ0v) is 21.0. The molecule has 0 fully saturated rings. The first-order valence-corrected chi connectivity index (χ1v) is 12.8. The number of anilines is 1. The molecule has 1 N–H and O–H groups in total. The van der Waals surface area contributed by atoms with Crippen LogP contribution in [0.5, 0.6) is 11.5 Å². The lowest BCUT2D eigenvalue weighted by molar-refractivity contribution is 0.443. The molecule has 0 saturated heterocycles. The molecule has 4 aromatic rings. The van der Waals surface area contributed by atoms with Crippen LogP contribution in [0, 0.1) is 5.82 Å². The minimum Gasteiger partial charge on any atom is -0.454 e. The lowest BCUT2D eigenvalue weighted by Crippen LogP contribution is -2.13. The molecule has 1 aromatic heterocycles. The molecule has 10 heteroatoms. The van der Waals surface area contributed by atoms with Crippen molar-refractivity contribution in [3.8, 4) is 22.8 Å². The van der Waals surface area contributed by atoms with Crippen molar-refractivity contribution in [2.45, 2.75) is 24.7 Å². The molecule has 180 valence electrons. The van der Waals surface area contributed by atoms with Crippen LogP contribution in [-0.4, -0.2) is 18.4 Å². The Balaban J connectivity index is 1.66. The van der Waals surface area contributed by atoms with Crippen LogP contribution in [0.4, 0.5) is 10.1 Å². The van der Waals surface area contributed by atoms with Crippen molar-refractivity contribution in [1.82, 2.24) is 9.97 Å². The molecule has 0 aliphatic carbocycles. The minimum absolute atomic E-state index is 0.0218. The average molecular weight is 532 g/mol. The summed E-state index contributed by atoms with van der Waals surface area (Å²) in [6.45, 7) is 4.06. The van der Waals surface area contributed by atoms with Crippen molar-refractivity contribution in [3.63, 3.8) is 0 Å². The average Bonchev–Trinajstić information content (AvgIpc) is 2.80. The highest BCUT2D eigenvalue weighted by molar-refractivity contribution is 7.92. The topological polar surface area (TPSA) is 81.2 Å². The maximum absolute atomic E-state index is 15.0. The lowest BCUT2D eigenvalue weighted by atomic mass is 9.99. The monoisotopic (exact) mass is 531 g/mol. The Labute approximate surface area is 212 Å². The van der Waals surface area contributed by atoms with E-state index >= 15 is 4.39 Å². The van der Waals surface area contributed by atoms with Gasteiger partial charge in [0, 0.05) is 17.8 Å². The molecule has 1 heterocycles. The van der Waals surface area contributed by atoms with E-state index in [1.54, 1.807) is 18.2 Å². The molecule has 0 aliphatic rings. The molecule has 0 unspecified atom stereocenters. The fraction of sp³-hybridized carbons (Fsp3) is 0.120. The van der Waals surface area contributed by atoms with E-state index in [1.807, 2.05) is 32.0 Å². The van der Waals surface area contributed by atoms with Gasteiger partial charge < -0.3 is 4.74 Å². The Hall–Kier alpha value is -3.20. The summed E-state index contributed by atoms with van der Waals surface area (Å²) in [4.78, 5) is 8.01. The summed E-state index contributed by atoms with van der Waals surface area (Å²) in [5.41, 5.74) is 2.11. The van der Waals surface area contributed by atoms with Gasteiger partial charge in [0.2, 0.25) is 5.28 Å². The Morgan fingerprint density at radius 3 is 2.43 bits per heavy atom. The molecule has 4 rings (SSSR count). The van der Waals surface area contributed by atoms with E-state index in [1.165, 1.54) is 30.5 Å². The molecule has 6 nitrogen and oxygen atoms in total. The Bertz CT molecular complexity index is 1500. The molecule has 3 aromatic carbocycles. The summed E-state index contributed by atoms with van der Waals surface area (Å²) in [5.74, 6) is -0.278. The molecule has 0 amide bonds. The van der Waals surface area contributed by atoms with Gasteiger partial charge in [0.05, 0.1) is 16.4 Å². The van der Waals surface area contributed by atoms with E-state index in [2.05, 4.69) is 14.7 Å². The van der Waals surface area contributed by atoms with Crippen LogP contribution in [0.1, 0.15) is 25.3 Å². The van der Waals surface area contributed by atoms with Gasteiger partial charge in [0.25, 0.3) is 10.0 Å². The predicted molar refractivity (Wildman–Crippen MR) is 135 cm³/mol. The first-order valence-electron chi connectivity index (χ1n) is 10.5. The largest absolute Gasteiger partial charge is 0.454 e. The number of nitrogens with zero attached hydrogens (tertiary/aromatic N) is 2. The SMILES string of the molecule is CC(C)c1ccc(-c2ccnc(Cl)n2)c(Oc2ccc(NS(=O)(=O)c3ccccc3Cl)cc2F)c1. The van der Waals surface area contributed by atoms with Crippen LogP contribution in [0.3, 0.4) is 0 Å². The maximum atomic E-state index is 15.0. The first-order chi connectivity index (χ1) is 16.6. The highest BCUT2D eigenvalue weighted by Crippen LogP contribution is 2.37. The van der Waals surface area contributed by atoms with Crippen molar-refractivity contribution >= 4 is 38.9 Å². The highest BCUT2D eigenvalue weighted by atomic mass is 35.5. The fourth-order valence-corrected chi connectivity index (χ4v) is 5.03. The highest BCUT2D eigenvalue weighted by Gasteiger charge is 2.19. The Morgan fingerprint density at radius 2 is 1.74 bits per heavy atom. The summed E-state index contributed by atoms with van der Waals surface area (Å²) in [7, 11) is -4.01. The molecule has 0 saturated carbocycles. The summed E-state index contributed by atoms with van der Waals surface area (Å²) < 4.78 is 48.6. The lowest BCUT2D eigenvalue weighted by Gasteiger charge is -2.16. The molecule has 0 bridgehead atoms. The van der Waals surface area contributed by atoms with E-state index in [4.69, 9.17) is 27.9 Å². The van der Waals surface area contributed by atoms with Crippen LogP contribution in [0.15, 0.2) is 77.8 Å². The summed E-state index contributed by atoms with van der Waals surface area (Å²) in [6, 6.07) is 17.0. The number of halogens is 3. The van der Waals surface area contributed by atoms with Gasteiger partial charge in [-0.15, -0.1) is 0 Å². The Kier molecular flexibility index (Phi) is 7.25. The van der Waals surface area contributed by atoms with Gasteiger partial charge in [-0.3, -0.25) is 4.72 Å². The number of hydrogen-bond donors (Lipinski definition) is 1. The van der Waals surface area contributed by atoms with E-state index in [0.29, 0.717) is 17.0 Å². The standard InChI is InChI=1S/C25H20Cl2FN3O3S/c1-15(2)16-7-9-18(21-11-12-29-25(27)30-21)23(13-16)34-22-10-8-17(14-20(22)28)31-35(32,33)24-6-4-3-5-19(24)26/h3-15,31H,1-2H3. The zero-order chi connectivity index (χ0) is 25.2. The number of hydrogen-bond acceptors (Lipinski definition) is 5. The van der Waals surface area contributed by atoms with Crippen LogP contribution < -0.4 is 9.46 Å². The molecular formula is C25H20Cl2FN3O3S. The van der Waals surface area contributed by atoms with Gasteiger partial charge >= 0.3 is 0 Å². The smallest absolute Gasteiger partial charge is 0.263 e. The normalized spacial score (nSPS) is 11.5. The van der Waals surface area contributed by atoms with Gasteiger partial charge in [-0.2, -0.15) is 0 Å². The fourth-order valence-electron chi connectivity index (χ4n) is 3.32. The second-order valence-corrected chi connectivity index (χ2v) is 10.3. The van der Waals surface area contributed by atoms with Gasteiger partial charge in [-0.05, 0) is 65.5 Å². The number of benzene rings is 3. The first kappa shape index (κ1) is 24.9. The second kappa shape index (κ2) is 10.2. The molecule has 35 heavy (non-hydrogen) atoms. The third-order valence-corrected chi connectivity index (χ3v) is 7.17. The zero-order valence-electron chi connectivity index (χ0n) is 18.7. The third kappa shape index (κ3) is 5.73. The number of aromatic nitrogens is 2. The van der Waals surface area contributed by atoms with Gasteiger partial charge in [-0.1, -0.05) is 43.6 Å². The molecule has 0 radical (unpaired) electrons. The number of rotatable bonds is 7. The maximum Gasteiger partial charge on any atom is 0.263 e. The molecule has 0 aliphatic heterocycles. The van der Waals surface area contributed by atoms with Gasteiger partial charge in [0.15, 0.2) is 11.6 Å². The van der Waals surface area contributed by atoms with E-state index in [0.717, 1.165) is 11.6 Å². The minimum atomic E-state index is -4.01. The van der Waals surface area contributed by atoms with Crippen LogP contribution >= 0.6 is 23.2 Å². The van der Waals surface area contributed by atoms with Gasteiger partial charge in [0.1, 0.15) is 10.6 Å². The summed E-state index contributed by atoms with van der Waals surface area (Å²) in [6.07, 6.45) is 1.52. The van der Waals surface area contributed by atoms with Gasteiger partial charge in [-0.25, -0.2) is 22.8 Å². The number of nitrogens with one attached hydrogen (secondary N) is 1. The quantitative estimate of drug-likeness (QED) is 0.253. The van der Waals surface area contributed by atoms with E-state index in [9.17, 15) is 8.42 Å². The Morgan fingerprint density at radius 1 is 0.971 bits per heavy atom. The third-order valence-electron chi connectivity index (χ3n) is 5.10. The van der Waals surface area contributed by atoms with Crippen LogP contribution in [0.25, 0.3) is 11.3 Å². The summed E-state index contributed by atoms with van der Waals surface area (Å²) in [5, 5.41) is 0.130. The van der Waals surface area contributed by atoms with Crippen LogP contribution in [-0.2, 0) is 10.0 Å². The van der Waals surface area contributed by atoms with E-state index in [-0.39, 0.29) is 32.6 Å². The van der Waals surface area contributed by atoms with Crippen molar-refractivity contribution in [1.29, 1.82) is 0 Å². The molecule has 0 spiro atoms. The molecular weight excluding hydrogens is 512 g/mol. The van der Waals surface area contributed by atoms with Crippen molar-refractivity contribution in [3.05, 3.63) is 94.6 Å². The number of sulfonamides is 1. The summed E-state index contributed by atoms with van der Waals surface area (Å²) >= 11 is 12.0.